The third kappa shape index (κ3) is 2.14. The summed E-state index contributed by atoms with van der Waals surface area (Å²) in [4.78, 5) is 0. The van der Waals surface area contributed by atoms with Gasteiger partial charge in [0.2, 0.25) is 5.88 Å². The van der Waals surface area contributed by atoms with Gasteiger partial charge in [-0.05, 0) is 36.5 Å². The number of nitrogen functional groups attached to an aromatic ring is 1. The van der Waals surface area contributed by atoms with Crippen molar-refractivity contribution in [2.75, 3.05) is 5.73 Å². The molecule has 0 bridgehead atoms. The number of hydrogen-bond acceptors (Lipinski definition) is 4. The van der Waals surface area contributed by atoms with Gasteiger partial charge in [-0.15, -0.1) is 10.2 Å². The topological polar surface area (TPSA) is 61.0 Å². The molecule has 0 amide bonds. The highest BCUT2D eigenvalue weighted by molar-refractivity contribution is 5.32. The van der Waals surface area contributed by atoms with Gasteiger partial charge in [0.15, 0.2) is 0 Å². The predicted octanol–water partition coefficient (Wildman–Crippen LogP) is 2.52. The highest BCUT2D eigenvalue weighted by atomic mass is 16.5. The molecule has 1 aliphatic rings. The first kappa shape index (κ1) is 11.0. The molecule has 0 aliphatic heterocycles. The fraction of sp³-hybridized carbons (Fsp3) is 0.286. The zero-order valence-electron chi connectivity index (χ0n) is 10.0. The molecule has 1 aliphatic carbocycles. The van der Waals surface area contributed by atoms with E-state index in [9.17, 15) is 0 Å². The summed E-state index contributed by atoms with van der Waals surface area (Å²) in [5.74, 6) is 0.942. The van der Waals surface area contributed by atoms with Crippen LogP contribution in [0.5, 0.6) is 5.88 Å². The summed E-state index contributed by atoms with van der Waals surface area (Å²) >= 11 is 0. The van der Waals surface area contributed by atoms with Crippen molar-refractivity contribution in [1.29, 1.82) is 0 Å². The number of aromatic nitrogens is 2. The summed E-state index contributed by atoms with van der Waals surface area (Å²) in [5.41, 5.74) is 8.15. The fourth-order valence-corrected chi connectivity index (χ4v) is 2.37. The molecule has 1 aromatic heterocycles. The van der Waals surface area contributed by atoms with Gasteiger partial charge in [-0.25, -0.2) is 0 Å². The van der Waals surface area contributed by atoms with Crippen LogP contribution in [0.25, 0.3) is 0 Å². The van der Waals surface area contributed by atoms with Crippen LogP contribution >= 0.6 is 0 Å². The van der Waals surface area contributed by atoms with E-state index in [1.807, 2.05) is 0 Å². The Morgan fingerprint density at radius 1 is 1.11 bits per heavy atom. The summed E-state index contributed by atoms with van der Waals surface area (Å²) in [7, 11) is 0. The second-order valence-corrected chi connectivity index (χ2v) is 4.49. The molecule has 2 aromatic rings. The first-order chi connectivity index (χ1) is 8.83. The van der Waals surface area contributed by atoms with Crippen molar-refractivity contribution in [2.45, 2.75) is 25.4 Å². The average Bonchev–Trinajstić information content (AvgIpc) is 2.42. The Labute approximate surface area is 106 Å². The Balaban J connectivity index is 1.84. The number of rotatable bonds is 2. The molecule has 18 heavy (non-hydrogen) atoms. The second kappa shape index (κ2) is 4.64. The van der Waals surface area contributed by atoms with Gasteiger partial charge in [-0.3, -0.25) is 0 Å². The van der Waals surface area contributed by atoms with Crippen LogP contribution in [0.3, 0.4) is 0 Å². The molecule has 0 saturated heterocycles. The van der Waals surface area contributed by atoms with E-state index in [1.54, 1.807) is 12.1 Å². The highest BCUT2D eigenvalue weighted by Crippen LogP contribution is 2.32. The van der Waals surface area contributed by atoms with Crippen LogP contribution in [0.1, 0.15) is 30.1 Å². The van der Waals surface area contributed by atoms with Crippen LogP contribution in [0, 0.1) is 0 Å². The standard InChI is InChI=1S/C14H15N3O/c15-13-8-9-14(17-16-13)18-12-7-3-5-10-4-1-2-6-11(10)12/h1-2,4,6,8-9,12H,3,5,7H2,(H2,15,16). The first-order valence-corrected chi connectivity index (χ1v) is 6.16. The number of hydrogen-bond donors (Lipinski definition) is 1. The minimum atomic E-state index is 0.0767. The van der Waals surface area contributed by atoms with Crippen LogP contribution in [0.2, 0.25) is 0 Å². The molecule has 4 nitrogen and oxygen atoms in total. The van der Waals surface area contributed by atoms with Crippen molar-refractivity contribution in [3.8, 4) is 5.88 Å². The van der Waals surface area contributed by atoms with Gasteiger partial charge in [0, 0.05) is 6.07 Å². The third-order valence-corrected chi connectivity index (χ3v) is 3.24. The van der Waals surface area contributed by atoms with E-state index in [2.05, 4.69) is 34.5 Å². The van der Waals surface area contributed by atoms with Crippen LogP contribution in [0.15, 0.2) is 36.4 Å². The van der Waals surface area contributed by atoms with E-state index in [4.69, 9.17) is 10.5 Å². The Morgan fingerprint density at radius 2 is 2.00 bits per heavy atom. The number of anilines is 1. The van der Waals surface area contributed by atoms with Crippen molar-refractivity contribution in [2.24, 2.45) is 0 Å². The fourth-order valence-electron chi connectivity index (χ4n) is 2.37. The number of benzene rings is 1. The molecule has 1 atom stereocenters. The lowest BCUT2D eigenvalue weighted by atomic mass is 9.89. The van der Waals surface area contributed by atoms with Gasteiger partial charge in [0.05, 0.1) is 0 Å². The van der Waals surface area contributed by atoms with Gasteiger partial charge >= 0.3 is 0 Å². The van der Waals surface area contributed by atoms with Gasteiger partial charge in [-0.1, -0.05) is 24.3 Å². The number of nitrogens with two attached hydrogens (primary N) is 1. The van der Waals surface area contributed by atoms with E-state index in [1.165, 1.54) is 11.1 Å². The molecule has 2 N–H and O–H groups in total. The Kier molecular flexibility index (Phi) is 2.84. The molecule has 4 heteroatoms. The predicted molar refractivity (Wildman–Crippen MR) is 69.2 cm³/mol. The van der Waals surface area contributed by atoms with Crippen LogP contribution < -0.4 is 10.5 Å². The minimum Gasteiger partial charge on any atom is -0.468 e. The quantitative estimate of drug-likeness (QED) is 0.877. The van der Waals surface area contributed by atoms with E-state index in [0.717, 1.165) is 19.3 Å². The average molecular weight is 241 g/mol. The second-order valence-electron chi connectivity index (χ2n) is 4.49. The van der Waals surface area contributed by atoms with E-state index in [-0.39, 0.29) is 6.10 Å². The van der Waals surface area contributed by atoms with E-state index in [0.29, 0.717) is 11.7 Å². The molecular formula is C14H15N3O. The maximum Gasteiger partial charge on any atom is 0.234 e. The first-order valence-electron chi connectivity index (χ1n) is 6.16. The lowest BCUT2D eigenvalue weighted by Gasteiger charge is -2.25. The SMILES string of the molecule is Nc1ccc(OC2CCCc3ccccc32)nn1. The minimum absolute atomic E-state index is 0.0767. The summed E-state index contributed by atoms with van der Waals surface area (Å²) in [6, 6.07) is 11.9. The Hall–Kier alpha value is -2.10. The summed E-state index contributed by atoms with van der Waals surface area (Å²) in [6.07, 6.45) is 3.37. The van der Waals surface area contributed by atoms with Crippen LogP contribution in [0.4, 0.5) is 5.82 Å². The number of aryl methyl sites for hydroxylation is 1. The number of fused-ring (bicyclic) bond motifs is 1. The van der Waals surface area contributed by atoms with Gasteiger partial charge in [0.1, 0.15) is 11.9 Å². The van der Waals surface area contributed by atoms with Gasteiger partial charge in [0.25, 0.3) is 0 Å². The monoisotopic (exact) mass is 241 g/mol. The molecule has 1 heterocycles. The van der Waals surface area contributed by atoms with E-state index < -0.39 is 0 Å². The van der Waals surface area contributed by atoms with E-state index >= 15 is 0 Å². The van der Waals surface area contributed by atoms with Gasteiger partial charge in [-0.2, -0.15) is 0 Å². The Bertz CT molecular complexity index is 539. The van der Waals surface area contributed by atoms with Crippen molar-refractivity contribution in [3.63, 3.8) is 0 Å². The van der Waals surface area contributed by atoms with Crippen molar-refractivity contribution in [3.05, 3.63) is 47.5 Å². The van der Waals surface area contributed by atoms with Crippen molar-refractivity contribution in [1.82, 2.24) is 10.2 Å². The molecule has 0 fully saturated rings. The largest absolute Gasteiger partial charge is 0.468 e. The van der Waals surface area contributed by atoms with Gasteiger partial charge < -0.3 is 10.5 Å². The lowest BCUT2D eigenvalue weighted by Crippen LogP contribution is -2.15. The summed E-state index contributed by atoms with van der Waals surface area (Å²) in [6.45, 7) is 0. The maximum absolute atomic E-state index is 5.91. The van der Waals surface area contributed by atoms with Crippen molar-refractivity contribution >= 4 is 5.82 Å². The molecule has 92 valence electrons. The van der Waals surface area contributed by atoms with Crippen LogP contribution in [-0.2, 0) is 6.42 Å². The molecule has 3 rings (SSSR count). The normalized spacial score (nSPS) is 18.1. The zero-order valence-corrected chi connectivity index (χ0v) is 10.0. The number of ether oxygens (including phenoxy) is 1. The molecule has 0 spiro atoms. The zero-order chi connectivity index (χ0) is 12.4. The number of nitrogens with zero attached hydrogens (tertiary/aromatic N) is 2. The maximum atomic E-state index is 5.91. The Morgan fingerprint density at radius 3 is 2.83 bits per heavy atom. The molecule has 1 aromatic carbocycles. The molecule has 0 saturated carbocycles. The smallest absolute Gasteiger partial charge is 0.234 e. The summed E-state index contributed by atoms with van der Waals surface area (Å²) < 4.78 is 5.91. The third-order valence-electron chi connectivity index (χ3n) is 3.24. The molecule has 0 radical (unpaired) electrons. The highest BCUT2D eigenvalue weighted by Gasteiger charge is 2.21. The molecular weight excluding hydrogens is 226 g/mol. The van der Waals surface area contributed by atoms with Crippen LogP contribution in [-0.4, -0.2) is 10.2 Å². The van der Waals surface area contributed by atoms with Crippen molar-refractivity contribution < 1.29 is 4.74 Å². The molecule has 1 unspecified atom stereocenters. The summed E-state index contributed by atoms with van der Waals surface area (Å²) in [5, 5.41) is 7.75. The lowest BCUT2D eigenvalue weighted by molar-refractivity contribution is 0.174.